The number of nitrogens with one attached hydrogen (secondary N) is 2. The Balaban J connectivity index is 1.66. The highest BCUT2D eigenvalue weighted by molar-refractivity contribution is 7.99. The Kier molecular flexibility index (Phi) is 6.05. The molecule has 0 bridgehead atoms. The molecule has 1 aliphatic heterocycles. The van der Waals surface area contributed by atoms with Gasteiger partial charge >= 0.3 is 0 Å². The van der Waals surface area contributed by atoms with Gasteiger partial charge in [-0.25, -0.2) is 4.98 Å². The molecule has 1 atom stereocenters. The number of hydrogen-bond acceptors (Lipinski definition) is 5. The van der Waals surface area contributed by atoms with Crippen molar-refractivity contribution in [1.82, 2.24) is 25.4 Å². The molecule has 118 valence electrons. The standard InChI is InChI=1S/C14H25N5OS/c1-10(2)19-6-4-5-12(8-19)7-15-13(20)9-21-14-16-11(3)17-18-14/h10,12H,4-9H2,1-3H3,(H,15,20)(H,16,17,18)/t12-/m1/s1. The van der Waals surface area contributed by atoms with Crippen molar-refractivity contribution in [3.63, 3.8) is 0 Å². The number of carbonyl (C=O) groups is 1. The zero-order chi connectivity index (χ0) is 15.2. The summed E-state index contributed by atoms with van der Waals surface area (Å²) < 4.78 is 0. The van der Waals surface area contributed by atoms with E-state index >= 15 is 0 Å². The first kappa shape index (κ1) is 16.3. The highest BCUT2D eigenvalue weighted by Gasteiger charge is 2.21. The summed E-state index contributed by atoms with van der Waals surface area (Å²) >= 11 is 1.37. The SMILES string of the molecule is Cc1nc(SCC(=O)NC[C@H]2CCCN(C(C)C)C2)n[nH]1. The number of thioether (sulfide) groups is 1. The van der Waals surface area contributed by atoms with Crippen LogP contribution in [0.3, 0.4) is 0 Å². The van der Waals surface area contributed by atoms with Crippen molar-refractivity contribution < 1.29 is 4.79 Å². The number of piperidine rings is 1. The fourth-order valence-electron chi connectivity index (χ4n) is 2.56. The Morgan fingerprint density at radius 2 is 2.38 bits per heavy atom. The number of carbonyl (C=O) groups excluding carboxylic acids is 1. The normalized spacial score (nSPS) is 19.9. The van der Waals surface area contributed by atoms with E-state index < -0.39 is 0 Å². The number of amides is 1. The van der Waals surface area contributed by atoms with Crippen LogP contribution in [-0.4, -0.2) is 57.4 Å². The van der Waals surface area contributed by atoms with E-state index in [9.17, 15) is 4.79 Å². The van der Waals surface area contributed by atoms with Gasteiger partial charge in [-0.1, -0.05) is 11.8 Å². The van der Waals surface area contributed by atoms with Crippen molar-refractivity contribution in [1.29, 1.82) is 0 Å². The number of hydrogen-bond donors (Lipinski definition) is 2. The highest BCUT2D eigenvalue weighted by Crippen LogP contribution is 2.18. The summed E-state index contributed by atoms with van der Waals surface area (Å²) in [5, 5.41) is 10.4. The van der Waals surface area contributed by atoms with Crippen LogP contribution in [-0.2, 0) is 4.79 Å². The Morgan fingerprint density at radius 3 is 3.05 bits per heavy atom. The maximum Gasteiger partial charge on any atom is 0.230 e. The van der Waals surface area contributed by atoms with Gasteiger partial charge in [0.25, 0.3) is 0 Å². The number of nitrogens with zero attached hydrogens (tertiary/aromatic N) is 3. The number of likely N-dealkylation sites (tertiary alicyclic amines) is 1. The van der Waals surface area contributed by atoms with Crippen LogP contribution in [0.5, 0.6) is 0 Å². The third-order valence-corrected chi connectivity index (χ3v) is 4.62. The quantitative estimate of drug-likeness (QED) is 0.778. The molecule has 0 aliphatic carbocycles. The van der Waals surface area contributed by atoms with Gasteiger partial charge < -0.3 is 10.2 Å². The number of aromatic amines is 1. The fourth-order valence-corrected chi connectivity index (χ4v) is 3.23. The van der Waals surface area contributed by atoms with Crippen molar-refractivity contribution in [3.8, 4) is 0 Å². The van der Waals surface area contributed by atoms with Crippen molar-refractivity contribution >= 4 is 17.7 Å². The van der Waals surface area contributed by atoms with Crippen LogP contribution in [0.2, 0.25) is 0 Å². The first-order chi connectivity index (χ1) is 10.0. The van der Waals surface area contributed by atoms with Crippen LogP contribution < -0.4 is 5.32 Å². The Hall–Kier alpha value is -1.08. The van der Waals surface area contributed by atoms with E-state index in [-0.39, 0.29) is 5.91 Å². The van der Waals surface area contributed by atoms with Gasteiger partial charge in [-0.3, -0.25) is 9.89 Å². The van der Waals surface area contributed by atoms with Crippen LogP contribution in [0.4, 0.5) is 0 Å². The average molecular weight is 311 g/mol. The Bertz CT molecular complexity index is 462. The molecule has 0 spiro atoms. The summed E-state index contributed by atoms with van der Waals surface area (Å²) in [6, 6.07) is 0.591. The van der Waals surface area contributed by atoms with Crippen LogP contribution in [0, 0.1) is 12.8 Å². The zero-order valence-corrected chi connectivity index (χ0v) is 13.9. The van der Waals surface area contributed by atoms with Gasteiger partial charge in [-0.05, 0) is 46.1 Å². The minimum atomic E-state index is 0.0594. The zero-order valence-electron chi connectivity index (χ0n) is 13.1. The van der Waals surface area contributed by atoms with E-state index in [2.05, 4.69) is 39.2 Å². The maximum atomic E-state index is 11.9. The lowest BCUT2D eigenvalue weighted by Crippen LogP contribution is -2.44. The smallest absolute Gasteiger partial charge is 0.230 e. The van der Waals surface area contributed by atoms with Gasteiger partial charge in [0.2, 0.25) is 11.1 Å². The Labute approximate surface area is 130 Å². The minimum absolute atomic E-state index is 0.0594. The van der Waals surface area contributed by atoms with Crippen molar-refractivity contribution in [2.75, 3.05) is 25.4 Å². The molecule has 0 saturated carbocycles. The monoisotopic (exact) mass is 311 g/mol. The lowest BCUT2D eigenvalue weighted by Gasteiger charge is -2.35. The molecule has 0 radical (unpaired) electrons. The van der Waals surface area contributed by atoms with E-state index in [1.165, 1.54) is 31.1 Å². The molecule has 0 aromatic carbocycles. The molecular weight excluding hydrogens is 286 g/mol. The molecule has 21 heavy (non-hydrogen) atoms. The maximum absolute atomic E-state index is 11.9. The summed E-state index contributed by atoms with van der Waals surface area (Å²) in [7, 11) is 0. The van der Waals surface area contributed by atoms with E-state index in [1.807, 2.05) is 6.92 Å². The molecule has 0 unspecified atom stereocenters. The number of aryl methyl sites for hydroxylation is 1. The molecule has 1 aromatic rings. The van der Waals surface area contributed by atoms with Gasteiger partial charge in [0.15, 0.2) is 0 Å². The molecule has 7 heteroatoms. The molecule has 2 N–H and O–H groups in total. The van der Waals surface area contributed by atoms with Crippen molar-refractivity contribution in [2.45, 2.75) is 44.8 Å². The highest BCUT2D eigenvalue weighted by atomic mass is 32.2. The second-order valence-electron chi connectivity index (χ2n) is 5.89. The van der Waals surface area contributed by atoms with Gasteiger partial charge in [0.05, 0.1) is 5.75 Å². The second-order valence-corrected chi connectivity index (χ2v) is 6.84. The molecule has 1 fully saturated rings. The minimum Gasteiger partial charge on any atom is -0.355 e. The largest absolute Gasteiger partial charge is 0.355 e. The number of H-pyrrole nitrogens is 1. The summed E-state index contributed by atoms with van der Waals surface area (Å²) in [5.41, 5.74) is 0. The van der Waals surface area contributed by atoms with Crippen molar-refractivity contribution in [2.24, 2.45) is 5.92 Å². The van der Waals surface area contributed by atoms with E-state index in [0.29, 0.717) is 22.9 Å². The van der Waals surface area contributed by atoms with Crippen LogP contribution in [0.1, 0.15) is 32.5 Å². The van der Waals surface area contributed by atoms with Gasteiger partial charge in [0, 0.05) is 19.1 Å². The molecule has 6 nitrogen and oxygen atoms in total. The predicted molar refractivity (Wildman–Crippen MR) is 84.3 cm³/mol. The van der Waals surface area contributed by atoms with E-state index in [1.54, 1.807) is 0 Å². The van der Waals surface area contributed by atoms with E-state index in [4.69, 9.17) is 0 Å². The molecular formula is C14H25N5OS. The number of rotatable bonds is 6. The lowest BCUT2D eigenvalue weighted by molar-refractivity contribution is -0.118. The first-order valence-corrected chi connectivity index (χ1v) is 8.55. The molecule has 1 saturated heterocycles. The lowest BCUT2D eigenvalue weighted by atomic mass is 9.97. The average Bonchev–Trinajstić information content (AvgIpc) is 2.89. The van der Waals surface area contributed by atoms with Crippen LogP contribution >= 0.6 is 11.8 Å². The predicted octanol–water partition coefficient (Wildman–Crippen LogP) is 1.44. The second kappa shape index (κ2) is 7.79. The van der Waals surface area contributed by atoms with Crippen molar-refractivity contribution in [3.05, 3.63) is 5.82 Å². The van der Waals surface area contributed by atoms with Crippen LogP contribution in [0.15, 0.2) is 5.16 Å². The molecule has 2 rings (SSSR count). The van der Waals surface area contributed by atoms with Gasteiger partial charge in [0.1, 0.15) is 5.82 Å². The Morgan fingerprint density at radius 1 is 1.57 bits per heavy atom. The third-order valence-electron chi connectivity index (χ3n) is 3.78. The fraction of sp³-hybridized carbons (Fsp3) is 0.786. The van der Waals surface area contributed by atoms with Gasteiger partial charge in [-0.2, -0.15) is 0 Å². The summed E-state index contributed by atoms with van der Waals surface area (Å²) in [5.74, 6) is 1.77. The summed E-state index contributed by atoms with van der Waals surface area (Å²) in [4.78, 5) is 18.5. The van der Waals surface area contributed by atoms with Crippen LogP contribution in [0.25, 0.3) is 0 Å². The topological polar surface area (TPSA) is 73.9 Å². The third kappa shape index (κ3) is 5.32. The molecule has 1 aromatic heterocycles. The molecule has 1 aliphatic rings. The van der Waals surface area contributed by atoms with E-state index in [0.717, 1.165) is 18.9 Å². The number of aromatic nitrogens is 3. The summed E-state index contributed by atoms with van der Waals surface area (Å²) in [6.45, 7) is 9.36. The first-order valence-electron chi connectivity index (χ1n) is 7.57. The summed E-state index contributed by atoms with van der Waals surface area (Å²) in [6.07, 6.45) is 2.43. The molecule has 1 amide bonds. The molecule has 2 heterocycles. The van der Waals surface area contributed by atoms with Gasteiger partial charge in [-0.15, -0.1) is 5.10 Å².